The van der Waals surface area contributed by atoms with Crippen molar-refractivity contribution >= 4 is 22.8 Å². The largest absolute Gasteiger partial charge is 0.378 e. The molecule has 0 bridgehead atoms. The minimum atomic E-state index is 0.227. The summed E-state index contributed by atoms with van der Waals surface area (Å²) < 4.78 is 5.44. The molecule has 0 saturated carbocycles. The third-order valence-corrected chi connectivity index (χ3v) is 3.89. The average Bonchev–Trinajstić information content (AvgIpc) is 2.62. The molecule has 24 heavy (non-hydrogen) atoms. The number of hydrogen-bond acceptors (Lipinski definition) is 8. The van der Waals surface area contributed by atoms with E-state index in [4.69, 9.17) is 15.5 Å². The van der Waals surface area contributed by atoms with Crippen molar-refractivity contribution in [3.8, 4) is 11.4 Å². The van der Waals surface area contributed by atoms with Crippen molar-refractivity contribution in [2.45, 2.75) is 6.92 Å². The van der Waals surface area contributed by atoms with Crippen LogP contribution in [0.1, 0.15) is 5.56 Å². The second kappa shape index (κ2) is 5.97. The van der Waals surface area contributed by atoms with E-state index in [-0.39, 0.29) is 5.95 Å². The number of anilines is 2. The summed E-state index contributed by atoms with van der Waals surface area (Å²) in [6, 6.07) is 2.01. The molecule has 122 valence electrons. The number of pyridine rings is 1. The zero-order valence-electron chi connectivity index (χ0n) is 13.3. The van der Waals surface area contributed by atoms with Gasteiger partial charge < -0.3 is 15.4 Å². The molecule has 0 unspecified atom stereocenters. The monoisotopic (exact) mass is 323 g/mol. The highest BCUT2D eigenvalue weighted by Gasteiger charge is 2.19. The number of nitrogens with two attached hydrogens (primary N) is 1. The fraction of sp³-hybridized carbons (Fsp3) is 0.312. The minimum Gasteiger partial charge on any atom is -0.378 e. The highest BCUT2D eigenvalue weighted by molar-refractivity contribution is 5.87. The Morgan fingerprint density at radius 2 is 1.79 bits per heavy atom. The van der Waals surface area contributed by atoms with E-state index in [9.17, 15) is 0 Å². The third kappa shape index (κ3) is 2.71. The number of ether oxygens (including phenoxy) is 1. The molecule has 0 aliphatic carbocycles. The third-order valence-electron chi connectivity index (χ3n) is 3.89. The predicted octanol–water partition coefficient (Wildman–Crippen LogP) is 1.21. The number of aryl methyl sites for hydroxylation is 1. The molecule has 3 aromatic rings. The molecule has 0 amide bonds. The first-order valence-electron chi connectivity index (χ1n) is 7.76. The van der Waals surface area contributed by atoms with Crippen LogP contribution >= 0.6 is 0 Å². The summed E-state index contributed by atoms with van der Waals surface area (Å²) in [6.45, 7) is 4.91. The van der Waals surface area contributed by atoms with Crippen molar-refractivity contribution in [1.82, 2.24) is 24.9 Å². The molecule has 0 aromatic carbocycles. The summed E-state index contributed by atoms with van der Waals surface area (Å²) in [4.78, 5) is 24.2. The van der Waals surface area contributed by atoms with Crippen molar-refractivity contribution in [2.24, 2.45) is 0 Å². The first-order valence-corrected chi connectivity index (χ1v) is 7.76. The van der Waals surface area contributed by atoms with Gasteiger partial charge >= 0.3 is 0 Å². The van der Waals surface area contributed by atoms with Crippen LogP contribution in [-0.2, 0) is 4.74 Å². The molecule has 1 saturated heterocycles. The number of fused-ring (bicyclic) bond motifs is 1. The SMILES string of the molecule is Cc1cnc2c(N3CCOCC3)nc(-c3cnc(N)nc3)nc2c1. The topological polar surface area (TPSA) is 103 Å². The Bertz CT molecular complexity index is 875. The van der Waals surface area contributed by atoms with Gasteiger partial charge in [0.25, 0.3) is 0 Å². The maximum Gasteiger partial charge on any atom is 0.219 e. The fourth-order valence-corrected chi connectivity index (χ4v) is 2.68. The Kier molecular flexibility index (Phi) is 3.66. The smallest absolute Gasteiger partial charge is 0.219 e. The highest BCUT2D eigenvalue weighted by Crippen LogP contribution is 2.26. The van der Waals surface area contributed by atoms with Gasteiger partial charge in [-0.3, -0.25) is 4.98 Å². The van der Waals surface area contributed by atoms with Crippen LogP contribution in [0.5, 0.6) is 0 Å². The lowest BCUT2D eigenvalue weighted by Crippen LogP contribution is -2.37. The van der Waals surface area contributed by atoms with E-state index in [0.29, 0.717) is 19.0 Å². The summed E-state index contributed by atoms with van der Waals surface area (Å²) in [7, 11) is 0. The van der Waals surface area contributed by atoms with Crippen molar-refractivity contribution in [2.75, 3.05) is 36.9 Å². The van der Waals surface area contributed by atoms with Crippen LogP contribution in [0.25, 0.3) is 22.4 Å². The van der Waals surface area contributed by atoms with E-state index in [1.54, 1.807) is 12.4 Å². The van der Waals surface area contributed by atoms with E-state index < -0.39 is 0 Å². The Balaban J connectivity index is 1.89. The van der Waals surface area contributed by atoms with Gasteiger partial charge in [0, 0.05) is 31.7 Å². The predicted molar refractivity (Wildman–Crippen MR) is 90.5 cm³/mol. The first kappa shape index (κ1) is 14.7. The van der Waals surface area contributed by atoms with Crippen LogP contribution in [0.2, 0.25) is 0 Å². The van der Waals surface area contributed by atoms with Crippen LogP contribution in [-0.4, -0.2) is 51.2 Å². The van der Waals surface area contributed by atoms with Gasteiger partial charge in [0.15, 0.2) is 11.6 Å². The van der Waals surface area contributed by atoms with Crippen LogP contribution in [0.3, 0.4) is 0 Å². The van der Waals surface area contributed by atoms with Gasteiger partial charge in [0.2, 0.25) is 5.95 Å². The second-order valence-corrected chi connectivity index (χ2v) is 5.68. The van der Waals surface area contributed by atoms with Gasteiger partial charge in [-0.2, -0.15) is 0 Å². The summed E-state index contributed by atoms with van der Waals surface area (Å²) >= 11 is 0. The second-order valence-electron chi connectivity index (χ2n) is 5.68. The number of nitrogen functional groups attached to an aromatic ring is 1. The van der Waals surface area contributed by atoms with Gasteiger partial charge in [-0.15, -0.1) is 0 Å². The van der Waals surface area contributed by atoms with Crippen LogP contribution in [0, 0.1) is 6.92 Å². The summed E-state index contributed by atoms with van der Waals surface area (Å²) in [6.07, 6.45) is 5.10. The Morgan fingerprint density at radius 3 is 2.54 bits per heavy atom. The zero-order valence-corrected chi connectivity index (χ0v) is 13.3. The number of hydrogen-bond donors (Lipinski definition) is 1. The normalized spacial score (nSPS) is 15.0. The van der Waals surface area contributed by atoms with Crippen molar-refractivity contribution in [3.05, 3.63) is 30.2 Å². The summed E-state index contributed by atoms with van der Waals surface area (Å²) in [5, 5.41) is 0. The molecule has 3 aromatic heterocycles. The van der Waals surface area contributed by atoms with Gasteiger partial charge in [-0.25, -0.2) is 19.9 Å². The lowest BCUT2D eigenvalue weighted by Gasteiger charge is -2.28. The van der Waals surface area contributed by atoms with E-state index in [1.807, 2.05) is 19.2 Å². The fourth-order valence-electron chi connectivity index (χ4n) is 2.68. The molecule has 1 aliphatic heterocycles. The Labute approximate surface area is 138 Å². The molecule has 8 heteroatoms. The Hall–Kier alpha value is -2.87. The molecular formula is C16H17N7O. The molecule has 4 heterocycles. The summed E-state index contributed by atoms with van der Waals surface area (Å²) in [5.74, 6) is 1.61. The van der Waals surface area contributed by atoms with Gasteiger partial charge in [-0.05, 0) is 18.6 Å². The molecule has 0 radical (unpaired) electrons. The van der Waals surface area contributed by atoms with Gasteiger partial charge in [0.1, 0.15) is 5.52 Å². The maximum absolute atomic E-state index is 5.57. The summed E-state index contributed by atoms with van der Waals surface area (Å²) in [5.41, 5.74) is 8.94. The van der Waals surface area contributed by atoms with Crippen molar-refractivity contribution in [1.29, 1.82) is 0 Å². The standard InChI is InChI=1S/C16H17N7O/c1-10-6-12-13(18-7-10)15(23-2-4-24-5-3-23)22-14(21-12)11-8-19-16(17)20-9-11/h6-9H,2-5H2,1H3,(H2,17,19,20). The number of morpholine rings is 1. The van der Waals surface area contributed by atoms with Crippen molar-refractivity contribution < 1.29 is 4.74 Å². The van der Waals surface area contributed by atoms with Crippen LogP contribution in [0.15, 0.2) is 24.7 Å². The quantitative estimate of drug-likeness (QED) is 0.750. The zero-order chi connectivity index (χ0) is 16.5. The number of nitrogens with zero attached hydrogens (tertiary/aromatic N) is 6. The van der Waals surface area contributed by atoms with E-state index in [1.165, 1.54) is 0 Å². The van der Waals surface area contributed by atoms with Gasteiger partial charge in [0.05, 0.1) is 24.3 Å². The molecule has 2 N–H and O–H groups in total. The number of rotatable bonds is 2. The average molecular weight is 323 g/mol. The van der Waals surface area contributed by atoms with E-state index in [0.717, 1.165) is 41.1 Å². The highest BCUT2D eigenvalue weighted by atomic mass is 16.5. The van der Waals surface area contributed by atoms with Gasteiger partial charge in [-0.1, -0.05) is 0 Å². The molecule has 0 atom stereocenters. The number of aromatic nitrogens is 5. The molecule has 0 spiro atoms. The lowest BCUT2D eigenvalue weighted by molar-refractivity contribution is 0.122. The Morgan fingerprint density at radius 1 is 1.04 bits per heavy atom. The van der Waals surface area contributed by atoms with E-state index in [2.05, 4.69) is 24.8 Å². The maximum atomic E-state index is 5.57. The van der Waals surface area contributed by atoms with Crippen molar-refractivity contribution in [3.63, 3.8) is 0 Å². The van der Waals surface area contributed by atoms with Crippen LogP contribution in [0.4, 0.5) is 11.8 Å². The molecule has 1 fully saturated rings. The molecule has 8 nitrogen and oxygen atoms in total. The molecule has 4 rings (SSSR count). The minimum absolute atomic E-state index is 0.227. The molecule has 1 aliphatic rings. The first-order chi connectivity index (χ1) is 11.7. The molecular weight excluding hydrogens is 306 g/mol. The van der Waals surface area contributed by atoms with Crippen LogP contribution < -0.4 is 10.6 Å². The van der Waals surface area contributed by atoms with E-state index >= 15 is 0 Å². The lowest BCUT2D eigenvalue weighted by atomic mass is 10.2.